The Morgan fingerprint density at radius 2 is 2.05 bits per heavy atom. The number of carbonyl (C=O) groups is 1. The Labute approximate surface area is 130 Å². The van der Waals surface area contributed by atoms with Gasteiger partial charge in [0.05, 0.1) is 23.5 Å². The minimum atomic E-state index is -0.276. The normalized spacial score (nSPS) is 10.2. The summed E-state index contributed by atoms with van der Waals surface area (Å²) in [7, 11) is 1.56. The van der Waals surface area contributed by atoms with Gasteiger partial charge in [-0.25, -0.2) is 0 Å². The zero-order valence-corrected chi connectivity index (χ0v) is 13.0. The molecule has 6 heteroatoms. The van der Waals surface area contributed by atoms with Crippen LogP contribution in [0.15, 0.2) is 40.9 Å². The first-order valence-corrected chi connectivity index (χ1v) is 6.88. The Bertz CT molecular complexity index is 662. The molecule has 2 rings (SSSR count). The Morgan fingerprint density at radius 1 is 1.30 bits per heavy atom. The molecule has 0 radical (unpaired) electrons. The standard InChI is InChI=1S/C14H12BrClN2O2/c1-20-9-3-4-10(15)13(7-9)18-14(19)8-2-5-11(16)12(17)6-8/h2-7H,17H2,1H3,(H,18,19). The van der Waals surface area contributed by atoms with E-state index in [4.69, 9.17) is 22.1 Å². The topological polar surface area (TPSA) is 64.3 Å². The number of rotatable bonds is 3. The van der Waals surface area contributed by atoms with Crippen LogP contribution >= 0.6 is 27.5 Å². The van der Waals surface area contributed by atoms with Crippen molar-refractivity contribution in [1.29, 1.82) is 0 Å². The second-order valence-electron chi connectivity index (χ2n) is 4.04. The molecule has 0 fully saturated rings. The van der Waals surface area contributed by atoms with E-state index in [1.165, 1.54) is 6.07 Å². The molecule has 1 amide bonds. The predicted octanol–water partition coefficient (Wildman–Crippen LogP) is 3.95. The van der Waals surface area contributed by atoms with Gasteiger partial charge in [-0.15, -0.1) is 0 Å². The van der Waals surface area contributed by atoms with E-state index >= 15 is 0 Å². The van der Waals surface area contributed by atoms with E-state index in [9.17, 15) is 4.79 Å². The Kier molecular flexibility index (Phi) is 4.52. The molecule has 0 aromatic heterocycles. The molecule has 0 spiro atoms. The number of nitrogens with two attached hydrogens (primary N) is 1. The minimum absolute atomic E-state index is 0.276. The van der Waals surface area contributed by atoms with Crippen LogP contribution in [-0.4, -0.2) is 13.0 Å². The highest BCUT2D eigenvalue weighted by Crippen LogP contribution is 2.28. The number of nitrogens with one attached hydrogen (secondary N) is 1. The molecule has 20 heavy (non-hydrogen) atoms. The summed E-state index contributed by atoms with van der Waals surface area (Å²) in [5.41, 5.74) is 7.10. The summed E-state index contributed by atoms with van der Waals surface area (Å²) in [4.78, 5) is 12.2. The van der Waals surface area contributed by atoms with Gasteiger partial charge in [0.25, 0.3) is 5.91 Å². The number of hydrogen-bond donors (Lipinski definition) is 2. The van der Waals surface area contributed by atoms with Crippen LogP contribution in [-0.2, 0) is 0 Å². The molecule has 0 saturated heterocycles. The summed E-state index contributed by atoms with van der Waals surface area (Å²) in [6, 6.07) is 10.0. The van der Waals surface area contributed by atoms with Crippen LogP contribution in [0.2, 0.25) is 5.02 Å². The highest BCUT2D eigenvalue weighted by molar-refractivity contribution is 9.10. The van der Waals surface area contributed by atoms with Crippen molar-refractivity contribution in [3.8, 4) is 5.75 Å². The van der Waals surface area contributed by atoms with Crippen molar-refractivity contribution in [2.75, 3.05) is 18.2 Å². The first kappa shape index (κ1) is 14.7. The number of nitrogen functional groups attached to an aromatic ring is 1. The van der Waals surface area contributed by atoms with Crippen molar-refractivity contribution in [2.24, 2.45) is 0 Å². The number of amides is 1. The van der Waals surface area contributed by atoms with E-state index in [0.29, 0.717) is 27.7 Å². The fourth-order valence-corrected chi connectivity index (χ4v) is 2.07. The van der Waals surface area contributed by atoms with Gasteiger partial charge in [0.2, 0.25) is 0 Å². The monoisotopic (exact) mass is 354 g/mol. The third-order valence-corrected chi connectivity index (χ3v) is 3.72. The van der Waals surface area contributed by atoms with Crippen molar-refractivity contribution < 1.29 is 9.53 Å². The molecular weight excluding hydrogens is 344 g/mol. The fourth-order valence-electron chi connectivity index (χ4n) is 1.61. The second kappa shape index (κ2) is 6.15. The average Bonchev–Trinajstić information content (AvgIpc) is 2.44. The van der Waals surface area contributed by atoms with Crippen molar-refractivity contribution in [2.45, 2.75) is 0 Å². The van der Waals surface area contributed by atoms with Crippen LogP contribution in [0.25, 0.3) is 0 Å². The van der Waals surface area contributed by atoms with Crippen molar-refractivity contribution in [3.05, 3.63) is 51.5 Å². The summed E-state index contributed by atoms with van der Waals surface area (Å²) in [5, 5.41) is 3.20. The van der Waals surface area contributed by atoms with E-state index in [1.54, 1.807) is 37.4 Å². The molecule has 0 aliphatic heterocycles. The molecule has 2 aromatic carbocycles. The minimum Gasteiger partial charge on any atom is -0.497 e. The van der Waals surface area contributed by atoms with Crippen LogP contribution < -0.4 is 15.8 Å². The van der Waals surface area contributed by atoms with Gasteiger partial charge in [0.1, 0.15) is 5.75 Å². The number of methoxy groups -OCH3 is 1. The molecular formula is C14H12BrClN2O2. The quantitative estimate of drug-likeness (QED) is 0.820. The van der Waals surface area contributed by atoms with Crippen LogP contribution in [0, 0.1) is 0 Å². The van der Waals surface area contributed by atoms with Gasteiger partial charge in [-0.05, 0) is 46.3 Å². The molecule has 0 atom stereocenters. The molecule has 0 unspecified atom stereocenters. The van der Waals surface area contributed by atoms with Crippen LogP contribution in [0.4, 0.5) is 11.4 Å². The lowest BCUT2D eigenvalue weighted by atomic mass is 10.2. The van der Waals surface area contributed by atoms with Gasteiger partial charge in [0.15, 0.2) is 0 Å². The van der Waals surface area contributed by atoms with E-state index < -0.39 is 0 Å². The van der Waals surface area contributed by atoms with Gasteiger partial charge >= 0.3 is 0 Å². The van der Waals surface area contributed by atoms with E-state index in [2.05, 4.69) is 21.2 Å². The van der Waals surface area contributed by atoms with E-state index in [1.807, 2.05) is 0 Å². The SMILES string of the molecule is COc1ccc(Br)c(NC(=O)c2ccc(Cl)c(N)c2)c1. The first-order chi connectivity index (χ1) is 9.51. The lowest BCUT2D eigenvalue weighted by Gasteiger charge is -2.10. The molecule has 0 bridgehead atoms. The lowest BCUT2D eigenvalue weighted by Crippen LogP contribution is -2.12. The van der Waals surface area contributed by atoms with Gasteiger partial charge in [-0.1, -0.05) is 11.6 Å². The molecule has 0 aliphatic carbocycles. The number of carbonyl (C=O) groups excluding carboxylic acids is 1. The van der Waals surface area contributed by atoms with Crippen LogP contribution in [0.3, 0.4) is 0 Å². The third-order valence-electron chi connectivity index (χ3n) is 2.68. The number of halogens is 2. The zero-order valence-electron chi connectivity index (χ0n) is 10.6. The maximum absolute atomic E-state index is 12.2. The second-order valence-corrected chi connectivity index (χ2v) is 5.30. The Morgan fingerprint density at radius 3 is 2.70 bits per heavy atom. The van der Waals surface area contributed by atoms with Gasteiger partial charge in [-0.3, -0.25) is 4.79 Å². The van der Waals surface area contributed by atoms with Crippen LogP contribution in [0.5, 0.6) is 5.75 Å². The molecule has 0 heterocycles. The number of ether oxygens (including phenoxy) is 1. The zero-order chi connectivity index (χ0) is 14.7. The molecule has 0 saturated carbocycles. The van der Waals surface area contributed by atoms with Crippen molar-refractivity contribution >= 4 is 44.8 Å². The number of hydrogen-bond acceptors (Lipinski definition) is 3. The molecule has 104 valence electrons. The highest BCUT2D eigenvalue weighted by atomic mass is 79.9. The van der Waals surface area contributed by atoms with Gasteiger partial charge in [-0.2, -0.15) is 0 Å². The summed E-state index contributed by atoms with van der Waals surface area (Å²) in [6.45, 7) is 0. The summed E-state index contributed by atoms with van der Waals surface area (Å²) >= 11 is 9.20. The Hall–Kier alpha value is -1.72. The number of benzene rings is 2. The molecule has 3 N–H and O–H groups in total. The van der Waals surface area contributed by atoms with E-state index in [-0.39, 0.29) is 5.91 Å². The summed E-state index contributed by atoms with van der Waals surface area (Å²) < 4.78 is 5.88. The summed E-state index contributed by atoms with van der Waals surface area (Å²) in [6.07, 6.45) is 0. The number of anilines is 2. The highest BCUT2D eigenvalue weighted by Gasteiger charge is 2.10. The van der Waals surface area contributed by atoms with Crippen molar-refractivity contribution in [3.63, 3.8) is 0 Å². The fraction of sp³-hybridized carbons (Fsp3) is 0.0714. The predicted molar refractivity (Wildman–Crippen MR) is 84.5 cm³/mol. The van der Waals surface area contributed by atoms with Crippen molar-refractivity contribution in [1.82, 2.24) is 0 Å². The van der Waals surface area contributed by atoms with Gasteiger partial charge < -0.3 is 15.8 Å². The van der Waals surface area contributed by atoms with Crippen LogP contribution in [0.1, 0.15) is 10.4 Å². The first-order valence-electron chi connectivity index (χ1n) is 5.71. The lowest BCUT2D eigenvalue weighted by molar-refractivity contribution is 0.102. The molecule has 2 aromatic rings. The van der Waals surface area contributed by atoms with E-state index in [0.717, 1.165) is 4.47 Å². The van der Waals surface area contributed by atoms with Gasteiger partial charge in [0, 0.05) is 16.1 Å². The maximum atomic E-state index is 12.2. The molecule has 4 nitrogen and oxygen atoms in total. The maximum Gasteiger partial charge on any atom is 0.255 e. The molecule has 0 aliphatic rings. The summed E-state index contributed by atoms with van der Waals surface area (Å²) in [5.74, 6) is 0.376. The Balaban J connectivity index is 2.25. The third kappa shape index (κ3) is 3.23. The smallest absolute Gasteiger partial charge is 0.255 e. The largest absolute Gasteiger partial charge is 0.497 e. The average molecular weight is 356 g/mol.